The number of hydrogen-bond acceptors (Lipinski definition) is 3. The van der Waals surface area contributed by atoms with E-state index >= 15 is 0 Å². The Morgan fingerprint density at radius 2 is 1.46 bits per heavy atom. The van der Waals surface area contributed by atoms with E-state index in [9.17, 15) is 9.90 Å². The second-order valence-electron chi connectivity index (χ2n) is 7.72. The van der Waals surface area contributed by atoms with E-state index in [1.807, 2.05) is 43.3 Å². The lowest BCUT2D eigenvalue weighted by Crippen LogP contribution is -2.67. The predicted molar refractivity (Wildman–Crippen MR) is 109 cm³/mol. The van der Waals surface area contributed by atoms with Crippen molar-refractivity contribution in [1.82, 2.24) is 0 Å². The Morgan fingerprint density at radius 3 is 1.85 bits per heavy atom. The molecule has 2 rings (SSSR count). The van der Waals surface area contributed by atoms with E-state index < -0.39 is 14.4 Å². The van der Waals surface area contributed by atoms with Gasteiger partial charge in [-0.15, -0.1) is 0 Å². The smallest absolute Gasteiger partial charge is 0.261 e. The Labute approximate surface area is 158 Å². The summed E-state index contributed by atoms with van der Waals surface area (Å²) in [5.41, 5.74) is 0. The van der Waals surface area contributed by atoms with Gasteiger partial charge in [0, 0.05) is 12.8 Å². The van der Waals surface area contributed by atoms with E-state index in [0.29, 0.717) is 6.42 Å². The topological polar surface area (TPSA) is 46.5 Å². The van der Waals surface area contributed by atoms with Gasteiger partial charge in [-0.1, -0.05) is 88.4 Å². The molecule has 4 heteroatoms. The van der Waals surface area contributed by atoms with Crippen LogP contribution in [-0.4, -0.2) is 31.9 Å². The number of rotatable bonds is 8. The van der Waals surface area contributed by atoms with Crippen molar-refractivity contribution >= 4 is 24.5 Å². The van der Waals surface area contributed by atoms with Gasteiger partial charge >= 0.3 is 0 Å². The van der Waals surface area contributed by atoms with Gasteiger partial charge in [0.1, 0.15) is 5.78 Å². The molecule has 0 saturated carbocycles. The van der Waals surface area contributed by atoms with E-state index in [4.69, 9.17) is 4.43 Å². The minimum atomic E-state index is -2.64. The van der Waals surface area contributed by atoms with Gasteiger partial charge in [0.15, 0.2) is 0 Å². The molecule has 0 spiro atoms. The number of carbonyl (C=O) groups excluding carboxylic acids is 1. The summed E-state index contributed by atoms with van der Waals surface area (Å²) in [5.74, 6) is 0.0588. The molecule has 0 bridgehead atoms. The Balaban J connectivity index is 2.46. The Bertz CT molecular complexity index is 653. The maximum atomic E-state index is 11.7. The second-order valence-corrected chi connectivity index (χ2v) is 12.0. The van der Waals surface area contributed by atoms with Crippen LogP contribution in [0.2, 0.25) is 5.04 Å². The van der Waals surface area contributed by atoms with Crippen LogP contribution in [0, 0.1) is 0 Å². The van der Waals surface area contributed by atoms with Gasteiger partial charge in [-0.2, -0.15) is 0 Å². The summed E-state index contributed by atoms with van der Waals surface area (Å²) in [6, 6.07) is 20.6. The van der Waals surface area contributed by atoms with Gasteiger partial charge in [-0.3, -0.25) is 4.79 Å². The van der Waals surface area contributed by atoms with Crippen LogP contribution in [0.3, 0.4) is 0 Å². The van der Waals surface area contributed by atoms with Crippen LogP contribution in [0.4, 0.5) is 0 Å². The number of ketones is 1. The number of carbonyl (C=O) groups is 1. The molecule has 3 nitrogen and oxygen atoms in total. The molecule has 1 atom stereocenters. The summed E-state index contributed by atoms with van der Waals surface area (Å²) in [7, 11) is -2.64. The van der Waals surface area contributed by atoms with Gasteiger partial charge in [-0.05, 0) is 15.4 Å². The molecule has 0 saturated heterocycles. The quantitative estimate of drug-likeness (QED) is 0.725. The van der Waals surface area contributed by atoms with E-state index in [2.05, 4.69) is 45.0 Å². The Morgan fingerprint density at radius 1 is 1.00 bits per heavy atom. The molecule has 2 aromatic carbocycles. The highest BCUT2D eigenvalue weighted by atomic mass is 28.4. The largest absolute Gasteiger partial charge is 0.405 e. The second kappa shape index (κ2) is 8.76. The third-order valence-corrected chi connectivity index (χ3v) is 9.77. The van der Waals surface area contributed by atoms with Crippen molar-refractivity contribution in [3.8, 4) is 0 Å². The highest BCUT2D eigenvalue weighted by Crippen LogP contribution is 2.36. The van der Waals surface area contributed by atoms with E-state index in [1.165, 1.54) is 10.4 Å². The van der Waals surface area contributed by atoms with Crippen molar-refractivity contribution in [2.75, 3.05) is 6.61 Å². The average Bonchev–Trinajstić information content (AvgIpc) is 2.62. The molecule has 0 aliphatic carbocycles. The summed E-state index contributed by atoms with van der Waals surface area (Å²) < 4.78 is 6.61. The zero-order valence-electron chi connectivity index (χ0n) is 16.2. The highest BCUT2D eigenvalue weighted by molar-refractivity contribution is 6.99. The van der Waals surface area contributed by atoms with Crippen molar-refractivity contribution in [3.63, 3.8) is 0 Å². The highest BCUT2D eigenvalue weighted by Gasteiger charge is 2.50. The molecule has 140 valence electrons. The lowest BCUT2D eigenvalue weighted by molar-refractivity contribution is -0.121. The predicted octanol–water partition coefficient (Wildman–Crippen LogP) is 3.29. The number of Topliss-reactive ketones (excluding diaryl/α,β-unsaturated/α-hetero) is 1. The summed E-state index contributed by atoms with van der Waals surface area (Å²) in [6.07, 6.45) is -0.186. The standard InChI is InChI=1S/C22H30O3Si/c1-5-18(23)16-19(24)17-25-26(22(2,3)4,20-12-8-6-9-13-20)21-14-10-7-11-15-21/h6-15,19,24H,5,16-17H2,1-4H3/t19-/m0/s1. The Kier molecular flexibility index (Phi) is 6.92. The zero-order valence-corrected chi connectivity index (χ0v) is 17.2. The van der Waals surface area contributed by atoms with Crippen molar-refractivity contribution in [3.05, 3.63) is 60.7 Å². The zero-order chi connectivity index (χ0) is 19.2. The van der Waals surface area contributed by atoms with Gasteiger partial charge in [0.25, 0.3) is 8.32 Å². The van der Waals surface area contributed by atoms with Crippen LogP contribution >= 0.6 is 0 Å². The maximum Gasteiger partial charge on any atom is 0.261 e. The molecule has 0 radical (unpaired) electrons. The average molecular weight is 371 g/mol. The minimum absolute atomic E-state index is 0.0588. The van der Waals surface area contributed by atoms with Gasteiger partial charge in [0.2, 0.25) is 0 Å². The summed E-state index contributed by atoms with van der Waals surface area (Å²) in [6.45, 7) is 8.57. The first-order chi connectivity index (χ1) is 12.3. The molecular formula is C22H30O3Si. The number of aliphatic hydroxyl groups is 1. The fourth-order valence-corrected chi connectivity index (χ4v) is 8.05. The lowest BCUT2D eigenvalue weighted by atomic mass is 10.1. The van der Waals surface area contributed by atoms with Crippen LogP contribution in [0.1, 0.15) is 40.5 Å². The molecule has 26 heavy (non-hydrogen) atoms. The number of aliphatic hydroxyl groups excluding tert-OH is 1. The van der Waals surface area contributed by atoms with Crippen molar-refractivity contribution in [2.45, 2.75) is 51.7 Å². The van der Waals surface area contributed by atoms with E-state index in [-0.39, 0.29) is 23.8 Å². The third-order valence-electron chi connectivity index (χ3n) is 4.77. The van der Waals surface area contributed by atoms with Gasteiger partial charge in [0.05, 0.1) is 12.7 Å². The fraction of sp³-hybridized carbons (Fsp3) is 0.409. The SMILES string of the molecule is CCC(=O)C[C@H](O)CO[Si](c1ccccc1)(c1ccccc1)C(C)(C)C. The maximum absolute atomic E-state index is 11.7. The van der Waals surface area contributed by atoms with Crippen LogP contribution in [0.15, 0.2) is 60.7 Å². The molecule has 2 aromatic rings. The molecule has 0 amide bonds. The molecule has 0 aliphatic heterocycles. The van der Waals surface area contributed by atoms with Crippen LogP contribution in [0.25, 0.3) is 0 Å². The molecule has 0 aromatic heterocycles. The first kappa shape index (κ1) is 20.6. The minimum Gasteiger partial charge on any atom is -0.405 e. The first-order valence-electron chi connectivity index (χ1n) is 9.26. The third kappa shape index (κ3) is 4.50. The number of benzene rings is 2. The normalized spacial score (nSPS) is 13.4. The molecular weight excluding hydrogens is 340 g/mol. The van der Waals surface area contributed by atoms with Crippen LogP contribution < -0.4 is 10.4 Å². The van der Waals surface area contributed by atoms with Crippen LogP contribution in [0.5, 0.6) is 0 Å². The van der Waals surface area contributed by atoms with E-state index in [1.54, 1.807) is 0 Å². The summed E-state index contributed by atoms with van der Waals surface area (Å²) in [5, 5.41) is 12.6. The monoisotopic (exact) mass is 370 g/mol. The van der Waals surface area contributed by atoms with Gasteiger partial charge in [-0.25, -0.2) is 0 Å². The molecule has 0 aliphatic rings. The van der Waals surface area contributed by atoms with Crippen LogP contribution in [-0.2, 0) is 9.22 Å². The first-order valence-corrected chi connectivity index (χ1v) is 11.2. The summed E-state index contributed by atoms with van der Waals surface area (Å²) in [4.78, 5) is 11.7. The molecule has 0 unspecified atom stereocenters. The van der Waals surface area contributed by atoms with Crippen molar-refractivity contribution < 1.29 is 14.3 Å². The summed E-state index contributed by atoms with van der Waals surface area (Å²) >= 11 is 0. The molecule has 1 N–H and O–H groups in total. The molecule has 0 heterocycles. The number of hydrogen-bond donors (Lipinski definition) is 1. The fourth-order valence-electron chi connectivity index (χ4n) is 3.45. The van der Waals surface area contributed by atoms with Crippen molar-refractivity contribution in [1.29, 1.82) is 0 Å². The lowest BCUT2D eigenvalue weighted by Gasteiger charge is -2.43. The van der Waals surface area contributed by atoms with Crippen molar-refractivity contribution in [2.24, 2.45) is 0 Å². The van der Waals surface area contributed by atoms with E-state index in [0.717, 1.165) is 0 Å². The molecule has 0 fully saturated rings. The van der Waals surface area contributed by atoms with Gasteiger partial charge < -0.3 is 9.53 Å². The Hall–Kier alpha value is -1.75.